The number of ketones is 1. The Morgan fingerprint density at radius 1 is 1.35 bits per heavy atom. The van der Waals surface area contributed by atoms with E-state index in [2.05, 4.69) is 5.10 Å². The molecule has 0 amide bonds. The fraction of sp³-hybridized carbons (Fsp3) is 0.600. The van der Waals surface area contributed by atoms with Gasteiger partial charge in [-0.05, 0) is 26.8 Å². The predicted octanol–water partition coefficient (Wildman–Crippen LogP) is 1.13. The molecule has 0 aromatic heterocycles. The lowest BCUT2D eigenvalue weighted by Crippen LogP contribution is -2.37. The van der Waals surface area contributed by atoms with E-state index in [-0.39, 0.29) is 23.6 Å². The third-order valence-corrected chi connectivity index (χ3v) is 4.51. The van der Waals surface area contributed by atoms with Crippen LogP contribution in [0.3, 0.4) is 0 Å². The highest BCUT2D eigenvalue weighted by Gasteiger charge is 2.45. The van der Waals surface area contributed by atoms with Crippen LogP contribution in [0.2, 0.25) is 0 Å². The zero-order chi connectivity index (χ0) is 17.4. The number of Topliss-reactive ketones (excluding diaryl/α,β-unsaturated/α-hetero) is 1. The maximum Gasteiger partial charge on any atom is 0.344 e. The Hall–Kier alpha value is -1.83. The van der Waals surface area contributed by atoms with Crippen LogP contribution in [0.4, 0.5) is 0 Å². The van der Waals surface area contributed by atoms with E-state index in [9.17, 15) is 14.4 Å². The third kappa shape index (κ3) is 3.93. The number of carbonyl (C=O) groups excluding carboxylic acids is 3. The summed E-state index contributed by atoms with van der Waals surface area (Å²) in [5, 5.41) is 5.44. The van der Waals surface area contributed by atoms with Crippen LogP contribution in [0.25, 0.3) is 0 Å². The lowest BCUT2D eigenvalue weighted by atomic mass is 10.1. The van der Waals surface area contributed by atoms with E-state index < -0.39 is 17.5 Å². The number of nitrogens with zero attached hydrogens (tertiary/aromatic N) is 2. The van der Waals surface area contributed by atoms with Crippen LogP contribution >= 0.6 is 11.8 Å². The quantitative estimate of drug-likeness (QED) is 0.709. The zero-order valence-corrected chi connectivity index (χ0v) is 14.6. The molecule has 2 aliphatic heterocycles. The molecule has 0 radical (unpaired) electrons. The molecule has 2 heterocycles. The fourth-order valence-electron chi connectivity index (χ4n) is 2.34. The van der Waals surface area contributed by atoms with Gasteiger partial charge in [-0.1, -0.05) is 0 Å². The Balaban J connectivity index is 2.17. The van der Waals surface area contributed by atoms with Gasteiger partial charge in [0.05, 0.1) is 23.3 Å². The van der Waals surface area contributed by atoms with E-state index in [4.69, 9.17) is 9.47 Å². The van der Waals surface area contributed by atoms with E-state index >= 15 is 0 Å². The number of methoxy groups -OCH3 is 1. The van der Waals surface area contributed by atoms with E-state index in [1.165, 1.54) is 30.8 Å². The summed E-state index contributed by atoms with van der Waals surface area (Å²) >= 11 is 1.24. The van der Waals surface area contributed by atoms with Gasteiger partial charge in [0.15, 0.2) is 5.78 Å². The Kier molecular flexibility index (Phi) is 4.84. The van der Waals surface area contributed by atoms with Gasteiger partial charge in [0.25, 0.3) is 0 Å². The van der Waals surface area contributed by atoms with Gasteiger partial charge in [-0.15, -0.1) is 11.8 Å². The van der Waals surface area contributed by atoms with Crippen LogP contribution in [-0.2, 0) is 23.9 Å². The molecule has 2 atom stereocenters. The van der Waals surface area contributed by atoms with Gasteiger partial charge in [0, 0.05) is 6.92 Å². The number of rotatable bonds is 4. The molecule has 0 saturated carbocycles. The summed E-state index contributed by atoms with van der Waals surface area (Å²) in [4.78, 5) is 35.9. The average Bonchev–Trinajstić information content (AvgIpc) is 2.96. The van der Waals surface area contributed by atoms with Crippen molar-refractivity contribution in [2.45, 2.75) is 44.6 Å². The zero-order valence-electron chi connectivity index (χ0n) is 13.8. The van der Waals surface area contributed by atoms with Crippen molar-refractivity contribution >= 4 is 35.2 Å². The number of carbonyl (C=O) groups is 3. The molecule has 126 valence electrons. The summed E-state index contributed by atoms with van der Waals surface area (Å²) < 4.78 is 10.00. The molecule has 0 aliphatic carbocycles. The Morgan fingerprint density at radius 3 is 2.52 bits per heavy atom. The number of fused-ring (bicyclic) bond motifs is 1. The van der Waals surface area contributed by atoms with Crippen molar-refractivity contribution in [3.05, 3.63) is 11.0 Å². The van der Waals surface area contributed by atoms with E-state index in [1.807, 2.05) is 0 Å². The summed E-state index contributed by atoms with van der Waals surface area (Å²) in [7, 11) is 1.30. The highest BCUT2D eigenvalue weighted by atomic mass is 32.2. The SMILES string of the molecule is COC(=O)C1=CC2C(S1)C(C(C)=O)=NN2CC(=O)OC(C)(C)C. The normalized spacial score (nSPS) is 23.1. The summed E-state index contributed by atoms with van der Waals surface area (Å²) in [5.41, 5.74) is -0.250. The summed E-state index contributed by atoms with van der Waals surface area (Å²) in [5.74, 6) is -1.07. The van der Waals surface area contributed by atoms with Gasteiger partial charge in [0.2, 0.25) is 0 Å². The van der Waals surface area contributed by atoms with Crippen LogP contribution in [0.1, 0.15) is 27.7 Å². The van der Waals surface area contributed by atoms with Gasteiger partial charge >= 0.3 is 11.9 Å². The topological polar surface area (TPSA) is 85.3 Å². The minimum atomic E-state index is -0.596. The lowest BCUT2D eigenvalue weighted by Gasteiger charge is -2.24. The summed E-state index contributed by atoms with van der Waals surface area (Å²) in [6, 6.07) is -0.333. The van der Waals surface area contributed by atoms with Crippen LogP contribution in [0.15, 0.2) is 16.1 Å². The van der Waals surface area contributed by atoms with Crippen molar-refractivity contribution < 1.29 is 23.9 Å². The predicted molar refractivity (Wildman–Crippen MR) is 85.9 cm³/mol. The highest BCUT2D eigenvalue weighted by molar-refractivity contribution is 8.05. The largest absolute Gasteiger partial charge is 0.465 e. The Labute approximate surface area is 139 Å². The first-order valence-corrected chi connectivity index (χ1v) is 8.05. The number of hydrogen-bond acceptors (Lipinski definition) is 8. The second kappa shape index (κ2) is 6.35. The molecule has 0 bridgehead atoms. The Bertz CT molecular complexity index is 605. The van der Waals surface area contributed by atoms with Gasteiger partial charge in [-0.25, -0.2) is 4.79 Å². The molecule has 2 rings (SSSR count). The minimum absolute atomic E-state index is 0.0826. The molecule has 0 aromatic rings. The molecule has 23 heavy (non-hydrogen) atoms. The molecule has 2 aliphatic rings. The Morgan fingerprint density at radius 2 is 2.00 bits per heavy atom. The number of ether oxygens (including phenoxy) is 2. The minimum Gasteiger partial charge on any atom is -0.465 e. The second-order valence-electron chi connectivity index (χ2n) is 6.28. The molecular weight excluding hydrogens is 320 g/mol. The maximum atomic E-state index is 12.0. The van der Waals surface area contributed by atoms with Crippen molar-refractivity contribution in [2.24, 2.45) is 5.10 Å². The van der Waals surface area contributed by atoms with Crippen molar-refractivity contribution in [2.75, 3.05) is 13.7 Å². The van der Waals surface area contributed by atoms with Crippen LogP contribution in [0, 0.1) is 0 Å². The molecular formula is C15H20N2O5S. The van der Waals surface area contributed by atoms with E-state index in [1.54, 1.807) is 26.8 Å². The van der Waals surface area contributed by atoms with Gasteiger partial charge in [-0.3, -0.25) is 14.6 Å². The summed E-state index contributed by atoms with van der Waals surface area (Å²) in [6.45, 7) is 6.68. The number of hydrogen-bond donors (Lipinski definition) is 0. The van der Waals surface area contributed by atoms with Gasteiger partial charge < -0.3 is 9.47 Å². The van der Waals surface area contributed by atoms with Crippen molar-refractivity contribution in [1.82, 2.24) is 5.01 Å². The molecule has 0 spiro atoms. The lowest BCUT2D eigenvalue weighted by molar-refractivity contribution is -0.156. The number of esters is 2. The van der Waals surface area contributed by atoms with Crippen LogP contribution < -0.4 is 0 Å². The number of hydrazone groups is 1. The highest BCUT2D eigenvalue weighted by Crippen LogP contribution is 2.40. The monoisotopic (exact) mass is 340 g/mol. The molecule has 0 aromatic carbocycles. The third-order valence-electron chi connectivity index (χ3n) is 3.19. The van der Waals surface area contributed by atoms with Gasteiger partial charge in [0.1, 0.15) is 17.9 Å². The standard InChI is InChI=1S/C15H20N2O5S/c1-8(18)12-13-9(6-10(23-13)14(20)21-5)17(16-12)7-11(19)22-15(2,3)4/h6,9,13H,7H2,1-5H3. The molecule has 0 N–H and O–H groups in total. The van der Waals surface area contributed by atoms with Crippen LogP contribution in [-0.4, -0.2) is 59.0 Å². The van der Waals surface area contributed by atoms with Gasteiger partial charge in [-0.2, -0.15) is 5.10 Å². The molecule has 0 saturated heterocycles. The maximum absolute atomic E-state index is 12.0. The molecule has 0 fully saturated rings. The van der Waals surface area contributed by atoms with Crippen molar-refractivity contribution in [1.29, 1.82) is 0 Å². The summed E-state index contributed by atoms with van der Waals surface area (Å²) in [6.07, 6.45) is 1.69. The molecule has 7 nitrogen and oxygen atoms in total. The van der Waals surface area contributed by atoms with Crippen molar-refractivity contribution in [3.8, 4) is 0 Å². The smallest absolute Gasteiger partial charge is 0.344 e. The first-order valence-electron chi connectivity index (χ1n) is 7.17. The van der Waals surface area contributed by atoms with E-state index in [0.29, 0.717) is 10.6 Å². The molecule has 2 unspecified atom stereocenters. The first-order chi connectivity index (χ1) is 10.6. The van der Waals surface area contributed by atoms with E-state index in [0.717, 1.165) is 0 Å². The average molecular weight is 340 g/mol. The second-order valence-corrected chi connectivity index (χ2v) is 7.46. The first kappa shape index (κ1) is 17.5. The number of thioether (sulfide) groups is 1. The molecule has 8 heteroatoms. The van der Waals surface area contributed by atoms with Crippen molar-refractivity contribution in [3.63, 3.8) is 0 Å². The fourth-order valence-corrected chi connectivity index (χ4v) is 3.70. The van der Waals surface area contributed by atoms with Crippen LogP contribution in [0.5, 0.6) is 0 Å².